The zero-order valence-corrected chi connectivity index (χ0v) is 12.7. The fourth-order valence-corrected chi connectivity index (χ4v) is 2.02. The zero-order valence-electron chi connectivity index (χ0n) is 12.7. The molecule has 2 unspecified atom stereocenters. The smallest absolute Gasteiger partial charge is 0.398 e. The Bertz CT molecular complexity index is 536. The first-order chi connectivity index (χ1) is 10.7. The second-order valence-electron chi connectivity index (χ2n) is 5.34. The molecule has 1 rings (SSSR count). The third kappa shape index (κ3) is 4.70. The number of carbonyl (C=O) groups excluding carboxylic acids is 2. The number of aliphatic hydroxyl groups excluding tert-OH is 1. The first kappa shape index (κ1) is 19.0. The lowest BCUT2D eigenvalue weighted by Crippen LogP contribution is -2.51. The molecule has 0 aromatic heterocycles. The van der Waals surface area contributed by atoms with Gasteiger partial charge in [-0.2, -0.15) is 14.7 Å². The van der Waals surface area contributed by atoms with Crippen molar-refractivity contribution in [3.05, 3.63) is 35.9 Å². The molecule has 0 heterocycles. The monoisotopic (exact) mass is 331 g/mol. The van der Waals surface area contributed by atoms with Crippen molar-refractivity contribution in [1.29, 1.82) is 0 Å². The summed E-state index contributed by atoms with van der Waals surface area (Å²) in [4.78, 5) is 26.5. The van der Waals surface area contributed by atoms with Crippen LogP contribution in [0.3, 0.4) is 0 Å². The van der Waals surface area contributed by atoms with Crippen LogP contribution in [0, 0.1) is 11.8 Å². The molecule has 0 aliphatic heterocycles. The molecular weight excluding hydrogens is 312 g/mol. The first-order valence-corrected chi connectivity index (χ1v) is 6.89. The maximum Gasteiger partial charge on any atom is 0.398 e. The van der Waals surface area contributed by atoms with Crippen molar-refractivity contribution in [2.24, 2.45) is 17.7 Å². The Kier molecular flexibility index (Phi) is 6.59. The largest absolute Gasteiger partial charge is 0.461 e. The van der Waals surface area contributed by atoms with Crippen LogP contribution in [0.2, 0.25) is 0 Å². The predicted octanol–water partition coefficient (Wildman–Crippen LogP) is 1.42. The van der Waals surface area contributed by atoms with E-state index in [1.807, 2.05) is 0 Å². The van der Waals surface area contributed by atoms with Crippen LogP contribution in [0.1, 0.15) is 19.4 Å². The van der Waals surface area contributed by atoms with Gasteiger partial charge in [0, 0.05) is 0 Å². The van der Waals surface area contributed by atoms with Gasteiger partial charge in [0.2, 0.25) is 0 Å². The molecule has 0 spiro atoms. The fraction of sp³-hybridized carbons (Fsp3) is 0.467. The Hall–Kier alpha value is -2.06. The van der Waals surface area contributed by atoms with Crippen LogP contribution in [0.15, 0.2) is 30.3 Å². The standard InChI is InChI=1S/C15H19F2NO5/c1-9(2)11(12(19)15(16,17)14(21)23-18)13(20)22-8-10-6-4-3-5-7-10/h3-7,9,11-12,19H,8,18H2,1-2H3. The molecule has 0 aliphatic rings. The number of rotatable bonds is 7. The highest BCUT2D eigenvalue weighted by molar-refractivity contribution is 5.81. The number of nitrogens with two attached hydrogens (primary N) is 1. The maximum atomic E-state index is 13.7. The van der Waals surface area contributed by atoms with Crippen molar-refractivity contribution in [3.63, 3.8) is 0 Å². The van der Waals surface area contributed by atoms with Crippen LogP contribution >= 0.6 is 0 Å². The SMILES string of the molecule is CC(C)C(C(=O)OCc1ccccc1)C(O)C(F)(F)C(=O)ON. The van der Waals surface area contributed by atoms with Crippen LogP contribution in [0.25, 0.3) is 0 Å². The number of halogens is 2. The van der Waals surface area contributed by atoms with E-state index in [4.69, 9.17) is 4.74 Å². The minimum Gasteiger partial charge on any atom is -0.461 e. The van der Waals surface area contributed by atoms with Crippen molar-refractivity contribution < 1.29 is 33.1 Å². The second kappa shape index (κ2) is 7.98. The molecule has 2 atom stereocenters. The van der Waals surface area contributed by atoms with Crippen molar-refractivity contribution in [1.82, 2.24) is 0 Å². The Morgan fingerprint density at radius 3 is 2.30 bits per heavy atom. The van der Waals surface area contributed by atoms with Crippen LogP contribution in [-0.4, -0.2) is 29.1 Å². The molecule has 0 amide bonds. The molecule has 128 valence electrons. The van der Waals surface area contributed by atoms with Gasteiger partial charge < -0.3 is 14.7 Å². The topological polar surface area (TPSA) is 98.8 Å². The number of esters is 1. The average Bonchev–Trinajstić information content (AvgIpc) is 2.52. The lowest BCUT2D eigenvalue weighted by molar-refractivity contribution is -0.201. The lowest BCUT2D eigenvalue weighted by atomic mass is 9.87. The molecule has 6 nitrogen and oxygen atoms in total. The van der Waals surface area contributed by atoms with Crippen molar-refractivity contribution in [2.45, 2.75) is 32.5 Å². The zero-order chi connectivity index (χ0) is 17.6. The van der Waals surface area contributed by atoms with Crippen molar-refractivity contribution in [2.75, 3.05) is 0 Å². The highest BCUT2D eigenvalue weighted by Crippen LogP contribution is 2.30. The number of hydrogen-bond acceptors (Lipinski definition) is 6. The highest BCUT2D eigenvalue weighted by atomic mass is 19.3. The van der Waals surface area contributed by atoms with Gasteiger partial charge in [-0.1, -0.05) is 44.2 Å². The Morgan fingerprint density at radius 1 is 1.26 bits per heavy atom. The van der Waals surface area contributed by atoms with E-state index in [0.29, 0.717) is 5.56 Å². The van der Waals surface area contributed by atoms with Gasteiger partial charge in [0.15, 0.2) is 0 Å². The van der Waals surface area contributed by atoms with E-state index in [2.05, 4.69) is 10.7 Å². The molecule has 23 heavy (non-hydrogen) atoms. The summed E-state index contributed by atoms with van der Waals surface area (Å²) in [7, 11) is 0. The quantitative estimate of drug-likeness (QED) is 0.579. The number of ether oxygens (including phenoxy) is 1. The molecular formula is C15H19F2NO5. The average molecular weight is 331 g/mol. The summed E-state index contributed by atoms with van der Waals surface area (Å²) in [5.41, 5.74) is 0.658. The number of carbonyl (C=O) groups is 2. The Balaban J connectivity index is 2.84. The summed E-state index contributed by atoms with van der Waals surface area (Å²) in [6.07, 6.45) is -2.61. The minimum atomic E-state index is -4.32. The third-order valence-corrected chi connectivity index (χ3v) is 3.31. The van der Waals surface area contributed by atoms with Crippen LogP contribution in [0.4, 0.5) is 8.78 Å². The van der Waals surface area contributed by atoms with Gasteiger partial charge in [0.25, 0.3) is 0 Å². The van der Waals surface area contributed by atoms with Gasteiger partial charge in [0.1, 0.15) is 12.7 Å². The Morgan fingerprint density at radius 2 is 1.83 bits per heavy atom. The van der Waals surface area contributed by atoms with Gasteiger partial charge in [0.05, 0.1) is 5.92 Å². The van der Waals surface area contributed by atoms with Gasteiger partial charge in [-0.05, 0) is 11.5 Å². The summed E-state index contributed by atoms with van der Waals surface area (Å²) >= 11 is 0. The van der Waals surface area contributed by atoms with Gasteiger partial charge >= 0.3 is 17.9 Å². The van der Waals surface area contributed by atoms with E-state index in [1.54, 1.807) is 30.3 Å². The molecule has 0 fully saturated rings. The number of alkyl halides is 2. The molecule has 3 N–H and O–H groups in total. The summed E-state index contributed by atoms with van der Waals surface area (Å²) in [6, 6.07) is 8.60. The molecule has 0 saturated carbocycles. The van der Waals surface area contributed by atoms with E-state index in [9.17, 15) is 23.5 Å². The van der Waals surface area contributed by atoms with E-state index in [-0.39, 0.29) is 6.61 Å². The maximum absolute atomic E-state index is 13.7. The molecule has 0 bridgehead atoms. The lowest BCUT2D eigenvalue weighted by Gasteiger charge is -2.28. The number of benzene rings is 1. The fourth-order valence-electron chi connectivity index (χ4n) is 2.02. The molecule has 8 heteroatoms. The predicted molar refractivity (Wildman–Crippen MR) is 75.8 cm³/mol. The summed E-state index contributed by atoms with van der Waals surface area (Å²) < 4.78 is 32.4. The van der Waals surface area contributed by atoms with Gasteiger partial charge in [-0.15, -0.1) is 0 Å². The molecule has 0 radical (unpaired) electrons. The minimum absolute atomic E-state index is 0.136. The van der Waals surface area contributed by atoms with Crippen molar-refractivity contribution in [3.8, 4) is 0 Å². The van der Waals surface area contributed by atoms with Gasteiger partial charge in [-0.25, -0.2) is 4.79 Å². The third-order valence-electron chi connectivity index (χ3n) is 3.31. The van der Waals surface area contributed by atoms with E-state index >= 15 is 0 Å². The molecule has 1 aromatic rings. The highest BCUT2D eigenvalue weighted by Gasteiger charge is 2.54. The van der Waals surface area contributed by atoms with Crippen molar-refractivity contribution >= 4 is 11.9 Å². The normalized spacial score (nSPS) is 14.2. The molecule has 1 aromatic carbocycles. The van der Waals surface area contributed by atoms with Crippen LogP contribution in [0.5, 0.6) is 0 Å². The number of aliphatic hydroxyl groups is 1. The first-order valence-electron chi connectivity index (χ1n) is 6.89. The van der Waals surface area contributed by atoms with E-state index in [1.165, 1.54) is 13.8 Å². The Labute approximate surface area is 132 Å². The van der Waals surface area contributed by atoms with Crippen LogP contribution < -0.4 is 5.90 Å². The summed E-state index contributed by atoms with van der Waals surface area (Å²) in [5.74, 6) is -5.38. The summed E-state index contributed by atoms with van der Waals surface area (Å²) in [5, 5.41) is 9.77. The van der Waals surface area contributed by atoms with E-state index in [0.717, 1.165) is 0 Å². The summed E-state index contributed by atoms with van der Waals surface area (Å²) in [6.45, 7) is 2.76. The van der Waals surface area contributed by atoms with Gasteiger partial charge in [-0.3, -0.25) is 4.79 Å². The number of hydrogen-bond donors (Lipinski definition) is 2. The van der Waals surface area contributed by atoms with E-state index < -0.39 is 35.8 Å². The molecule has 0 aliphatic carbocycles. The van der Waals surface area contributed by atoms with Crippen LogP contribution in [-0.2, 0) is 25.8 Å². The molecule has 0 saturated heterocycles. The second-order valence-corrected chi connectivity index (χ2v) is 5.34.